The van der Waals surface area contributed by atoms with Crippen molar-refractivity contribution in [3.05, 3.63) is 0 Å². The van der Waals surface area contributed by atoms with Crippen molar-refractivity contribution in [3.8, 4) is 0 Å². The maximum absolute atomic E-state index is 10.8. The third kappa shape index (κ3) is 8.06. The Morgan fingerprint density at radius 1 is 0.889 bits per heavy atom. The van der Waals surface area contributed by atoms with Crippen LogP contribution in [-0.2, 0) is 10.1 Å². The van der Waals surface area contributed by atoms with Gasteiger partial charge in [0.15, 0.2) is 0 Å². The molecular weight excluding hydrogens is 250 g/mol. The minimum atomic E-state index is -3.81. The second-order valence-electron chi connectivity index (χ2n) is 5.18. The van der Waals surface area contributed by atoms with Gasteiger partial charge in [0.2, 0.25) is 0 Å². The summed E-state index contributed by atoms with van der Waals surface area (Å²) in [5.74, 6) is -0.106. The molecule has 0 aliphatic heterocycles. The average molecular weight is 280 g/mol. The summed E-state index contributed by atoms with van der Waals surface area (Å²) in [5.41, 5.74) is 0. The standard InChI is InChI=1S/C13H29NO3S/c1-4-7-10-14(6-3,11-8-5-2)12-9-13-18(15,16)17/h4-13H2,1-3H3/p+1. The van der Waals surface area contributed by atoms with Crippen LogP contribution < -0.4 is 0 Å². The van der Waals surface area contributed by atoms with Crippen LogP contribution in [-0.4, -0.2) is 49.4 Å². The molecule has 0 aromatic rings. The fourth-order valence-electron chi connectivity index (χ4n) is 2.38. The minimum Gasteiger partial charge on any atom is -0.324 e. The van der Waals surface area contributed by atoms with Gasteiger partial charge in [-0.2, -0.15) is 8.42 Å². The molecule has 0 saturated carbocycles. The van der Waals surface area contributed by atoms with E-state index in [2.05, 4.69) is 20.8 Å². The van der Waals surface area contributed by atoms with Crippen LogP contribution >= 0.6 is 0 Å². The van der Waals surface area contributed by atoms with E-state index < -0.39 is 10.1 Å². The van der Waals surface area contributed by atoms with Crippen molar-refractivity contribution in [1.29, 1.82) is 0 Å². The summed E-state index contributed by atoms with van der Waals surface area (Å²) in [5, 5.41) is 0. The smallest absolute Gasteiger partial charge is 0.265 e. The van der Waals surface area contributed by atoms with Crippen molar-refractivity contribution >= 4 is 10.1 Å². The third-order valence-corrected chi connectivity index (χ3v) is 4.48. The zero-order chi connectivity index (χ0) is 14.1. The molecule has 0 unspecified atom stereocenters. The lowest BCUT2D eigenvalue weighted by Crippen LogP contribution is -2.50. The molecule has 18 heavy (non-hydrogen) atoms. The maximum Gasteiger partial charge on any atom is 0.265 e. The summed E-state index contributed by atoms with van der Waals surface area (Å²) in [6, 6.07) is 0. The van der Waals surface area contributed by atoms with Gasteiger partial charge in [-0.1, -0.05) is 26.7 Å². The number of nitrogens with zero attached hydrogens (tertiary/aromatic N) is 1. The van der Waals surface area contributed by atoms with Gasteiger partial charge in [0.1, 0.15) is 0 Å². The molecule has 0 rings (SSSR count). The van der Waals surface area contributed by atoms with Crippen LogP contribution in [0, 0.1) is 0 Å². The fraction of sp³-hybridized carbons (Fsp3) is 1.00. The molecule has 0 aromatic carbocycles. The van der Waals surface area contributed by atoms with E-state index in [0.29, 0.717) is 6.42 Å². The average Bonchev–Trinajstić information content (AvgIpc) is 2.31. The first-order valence-electron chi connectivity index (χ1n) is 7.19. The Hall–Kier alpha value is -0.130. The minimum absolute atomic E-state index is 0.106. The van der Waals surface area contributed by atoms with Crippen molar-refractivity contribution < 1.29 is 17.5 Å². The molecule has 110 valence electrons. The van der Waals surface area contributed by atoms with Crippen LogP contribution in [0.2, 0.25) is 0 Å². The van der Waals surface area contributed by atoms with E-state index in [1.165, 1.54) is 25.7 Å². The first kappa shape index (κ1) is 17.9. The lowest BCUT2D eigenvalue weighted by molar-refractivity contribution is -0.927. The molecule has 0 fully saturated rings. The second-order valence-corrected chi connectivity index (χ2v) is 6.75. The Kier molecular flexibility index (Phi) is 8.82. The highest BCUT2D eigenvalue weighted by molar-refractivity contribution is 7.85. The quantitative estimate of drug-likeness (QED) is 0.467. The summed E-state index contributed by atoms with van der Waals surface area (Å²) in [7, 11) is -3.81. The Bertz CT molecular complexity index is 293. The highest BCUT2D eigenvalue weighted by Crippen LogP contribution is 2.13. The fourth-order valence-corrected chi connectivity index (χ4v) is 2.87. The van der Waals surface area contributed by atoms with Gasteiger partial charge in [-0.15, -0.1) is 0 Å². The van der Waals surface area contributed by atoms with Crippen LogP contribution in [0.15, 0.2) is 0 Å². The summed E-state index contributed by atoms with van der Waals surface area (Å²) in [6.45, 7) is 10.7. The molecule has 0 spiro atoms. The summed E-state index contributed by atoms with van der Waals surface area (Å²) in [6.07, 6.45) is 5.27. The van der Waals surface area contributed by atoms with Crippen molar-refractivity contribution in [1.82, 2.24) is 0 Å². The first-order chi connectivity index (χ1) is 8.39. The van der Waals surface area contributed by atoms with Gasteiger partial charge in [0.25, 0.3) is 10.1 Å². The largest absolute Gasteiger partial charge is 0.324 e. The van der Waals surface area contributed by atoms with Crippen molar-refractivity contribution in [2.45, 2.75) is 52.9 Å². The van der Waals surface area contributed by atoms with E-state index in [4.69, 9.17) is 4.55 Å². The molecule has 0 atom stereocenters. The van der Waals surface area contributed by atoms with E-state index in [0.717, 1.165) is 30.7 Å². The molecule has 0 aliphatic rings. The van der Waals surface area contributed by atoms with E-state index in [-0.39, 0.29) is 5.75 Å². The van der Waals surface area contributed by atoms with Gasteiger partial charge >= 0.3 is 0 Å². The van der Waals surface area contributed by atoms with Gasteiger partial charge in [-0.3, -0.25) is 4.55 Å². The van der Waals surface area contributed by atoms with Crippen LogP contribution in [0.3, 0.4) is 0 Å². The number of rotatable bonds is 11. The lowest BCUT2D eigenvalue weighted by Gasteiger charge is -2.38. The zero-order valence-electron chi connectivity index (χ0n) is 12.2. The summed E-state index contributed by atoms with van der Waals surface area (Å²) < 4.78 is 31.4. The molecule has 0 amide bonds. The Balaban J connectivity index is 4.41. The molecular formula is C13H30NO3S+. The van der Waals surface area contributed by atoms with Crippen molar-refractivity contribution in [2.75, 3.05) is 31.9 Å². The van der Waals surface area contributed by atoms with Crippen LogP contribution in [0.1, 0.15) is 52.9 Å². The second kappa shape index (κ2) is 8.88. The number of unbranched alkanes of at least 4 members (excludes halogenated alkanes) is 2. The van der Waals surface area contributed by atoms with Crippen LogP contribution in [0.4, 0.5) is 0 Å². The highest BCUT2D eigenvalue weighted by atomic mass is 32.2. The van der Waals surface area contributed by atoms with Gasteiger partial charge in [0.05, 0.1) is 31.9 Å². The van der Waals surface area contributed by atoms with Crippen molar-refractivity contribution in [2.24, 2.45) is 0 Å². The number of quaternary nitrogens is 1. The Morgan fingerprint density at radius 3 is 1.67 bits per heavy atom. The Morgan fingerprint density at radius 2 is 1.33 bits per heavy atom. The molecule has 5 heteroatoms. The van der Waals surface area contributed by atoms with E-state index in [1.54, 1.807) is 0 Å². The van der Waals surface area contributed by atoms with Gasteiger partial charge in [-0.05, 0) is 19.8 Å². The monoisotopic (exact) mass is 280 g/mol. The summed E-state index contributed by atoms with van der Waals surface area (Å²) in [4.78, 5) is 0. The Labute approximate surface area is 113 Å². The van der Waals surface area contributed by atoms with Crippen LogP contribution in [0.5, 0.6) is 0 Å². The molecule has 0 heterocycles. The predicted octanol–water partition coefficient (Wildman–Crippen LogP) is 2.70. The first-order valence-corrected chi connectivity index (χ1v) is 8.80. The molecule has 4 nitrogen and oxygen atoms in total. The van der Waals surface area contributed by atoms with E-state index in [9.17, 15) is 8.42 Å². The molecule has 1 N–H and O–H groups in total. The topological polar surface area (TPSA) is 54.4 Å². The molecule has 0 bridgehead atoms. The third-order valence-electron chi connectivity index (χ3n) is 3.68. The lowest BCUT2D eigenvalue weighted by atomic mass is 10.2. The highest BCUT2D eigenvalue weighted by Gasteiger charge is 2.24. The van der Waals surface area contributed by atoms with Gasteiger partial charge in [-0.25, -0.2) is 0 Å². The normalized spacial score (nSPS) is 12.9. The molecule has 0 aliphatic carbocycles. The molecule has 0 radical (unpaired) electrons. The predicted molar refractivity (Wildman–Crippen MR) is 76.3 cm³/mol. The zero-order valence-corrected chi connectivity index (χ0v) is 13.0. The SMILES string of the molecule is CCCC[N+](CC)(CCCC)CCCS(=O)(=O)O. The van der Waals surface area contributed by atoms with Crippen molar-refractivity contribution in [3.63, 3.8) is 0 Å². The van der Waals surface area contributed by atoms with E-state index in [1.807, 2.05) is 0 Å². The summed E-state index contributed by atoms with van der Waals surface area (Å²) >= 11 is 0. The van der Waals surface area contributed by atoms with Gasteiger partial charge in [0, 0.05) is 6.42 Å². The maximum atomic E-state index is 10.8. The van der Waals surface area contributed by atoms with E-state index >= 15 is 0 Å². The van der Waals surface area contributed by atoms with Crippen LogP contribution in [0.25, 0.3) is 0 Å². The number of hydrogen-bond donors (Lipinski definition) is 1. The molecule has 0 aromatic heterocycles. The van der Waals surface area contributed by atoms with Gasteiger partial charge < -0.3 is 4.48 Å². The number of hydrogen-bond acceptors (Lipinski definition) is 2. The molecule has 0 saturated heterocycles.